The molecule has 1 aromatic carbocycles. The van der Waals surface area contributed by atoms with Crippen LogP contribution in [0.5, 0.6) is 5.75 Å². The fraction of sp³-hybridized carbons (Fsp3) is 0.520. The normalized spacial score (nSPS) is 15.1. The first kappa shape index (κ1) is 26.0. The van der Waals surface area contributed by atoms with Crippen LogP contribution in [0.15, 0.2) is 29.2 Å². The molecule has 3 rings (SSSR count). The molecule has 0 saturated carbocycles. The summed E-state index contributed by atoms with van der Waals surface area (Å²) in [5.41, 5.74) is 2.40. The number of nitrogens with zero attached hydrogens (tertiary/aromatic N) is 2. The summed E-state index contributed by atoms with van der Waals surface area (Å²) in [7, 11) is -2.45. The van der Waals surface area contributed by atoms with E-state index in [2.05, 4.69) is 11.5 Å². The minimum absolute atomic E-state index is 0.0541. The third-order valence-electron chi connectivity index (χ3n) is 6.24. The molecule has 0 bridgehead atoms. The summed E-state index contributed by atoms with van der Waals surface area (Å²) >= 11 is 0. The number of carbonyl (C=O) groups is 2. The van der Waals surface area contributed by atoms with Crippen LogP contribution in [0.4, 0.5) is 0 Å². The number of aryl methyl sites for hydroxylation is 1. The minimum Gasteiger partial charge on any atom is -0.495 e. The first-order valence-electron chi connectivity index (χ1n) is 11.8. The lowest BCUT2D eigenvalue weighted by Gasteiger charge is -2.21. The van der Waals surface area contributed by atoms with Crippen molar-refractivity contribution >= 4 is 21.8 Å². The third-order valence-corrected chi connectivity index (χ3v) is 8.16. The lowest BCUT2D eigenvalue weighted by atomic mass is 10.1. The molecule has 8 nitrogen and oxygen atoms in total. The van der Waals surface area contributed by atoms with Gasteiger partial charge in [-0.05, 0) is 57.4 Å². The minimum atomic E-state index is -3.84. The van der Waals surface area contributed by atoms with Crippen molar-refractivity contribution in [3.63, 3.8) is 0 Å². The van der Waals surface area contributed by atoms with Gasteiger partial charge in [-0.1, -0.05) is 19.8 Å². The van der Waals surface area contributed by atoms with Gasteiger partial charge in [0.15, 0.2) is 6.61 Å². The van der Waals surface area contributed by atoms with Gasteiger partial charge in [0, 0.05) is 36.6 Å². The number of hydrogen-bond donors (Lipinski definition) is 0. The molecule has 34 heavy (non-hydrogen) atoms. The molecule has 0 radical (unpaired) electrons. The van der Waals surface area contributed by atoms with E-state index in [-0.39, 0.29) is 22.0 Å². The summed E-state index contributed by atoms with van der Waals surface area (Å²) in [5.74, 6) is -0.888. The highest BCUT2D eigenvalue weighted by Crippen LogP contribution is 2.29. The summed E-state index contributed by atoms with van der Waals surface area (Å²) in [6.45, 7) is 7.14. The molecule has 0 unspecified atom stereocenters. The lowest BCUT2D eigenvalue weighted by Crippen LogP contribution is -2.32. The molecule has 1 fully saturated rings. The van der Waals surface area contributed by atoms with Crippen molar-refractivity contribution in [1.82, 2.24) is 8.87 Å². The highest BCUT2D eigenvalue weighted by molar-refractivity contribution is 7.89. The van der Waals surface area contributed by atoms with Crippen molar-refractivity contribution in [3.05, 3.63) is 46.8 Å². The van der Waals surface area contributed by atoms with Crippen molar-refractivity contribution in [3.8, 4) is 5.75 Å². The predicted molar refractivity (Wildman–Crippen MR) is 129 cm³/mol. The number of esters is 1. The van der Waals surface area contributed by atoms with Gasteiger partial charge < -0.3 is 14.0 Å². The molecule has 0 spiro atoms. The summed E-state index contributed by atoms with van der Waals surface area (Å²) in [4.78, 5) is 25.4. The molecule has 0 amide bonds. The van der Waals surface area contributed by atoms with E-state index >= 15 is 0 Å². The number of rotatable bonds is 9. The molecule has 1 aliphatic rings. The van der Waals surface area contributed by atoms with Crippen LogP contribution < -0.4 is 4.74 Å². The number of benzene rings is 1. The van der Waals surface area contributed by atoms with Crippen molar-refractivity contribution in [2.45, 2.75) is 64.3 Å². The predicted octanol–water partition coefficient (Wildman–Crippen LogP) is 4.13. The molecular weight excluding hydrogens is 456 g/mol. The number of ether oxygens (including phenoxy) is 2. The molecule has 186 valence electrons. The number of hydrogen-bond acceptors (Lipinski definition) is 6. The lowest BCUT2D eigenvalue weighted by molar-refractivity contribution is 0.0474. The van der Waals surface area contributed by atoms with Crippen LogP contribution in [0, 0.1) is 13.8 Å². The highest BCUT2D eigenvalue weighted by Gasteiger charge is 2.29. The number of aromatic nitrogens is 1. The van der Waals surface area contributed by atoms with E-state index in [0.29, 0.717) is 18.7 Å². The van der Waals surface area contributed by atoms with Crippen molar-refractivity contribution < 1.29 is 27.5 Å². The zero-order valence-electron chi connectivity index (χ0n) is 20.4. The van der Waals surface area contributed by atoms with E-state index in [9.17, 15) is 18.0 Å². The third kappa shape index (κ3) is 5.52. The van der Waals surface area contributed by atoms with Gasteiger partial charge >= 0.3 is 5.97 Å². The second-order valence-electron chi connectivity index (χ2n) is 8.62. The quantitative estimate of drug-likeness (QED) is 0.388. The van der Waals surface area contributed by atoms with Gasteiger partial charge in [0.05, 0.1) is 12.7 Å². The number of methoxy groups -OCH3 is 1. The van der Waals surface area contributed by atoms with Crippen LogP contribution in [0.1, 0.15) is 71.1 Å². The Labute approximate surface area is 201 Å². The summed E-state index contributed by atoms with van der Waals surface area (Å²) in [5, 5.41) is 0. The van der Waals surface area contributed by atoms with Crippen LogP contribution in [-0.2, 0) is 21.3 Å². The fourth-order valence-electron chi connectivity index (χ4n) is 4.37. The maximum atomic E-state index is 13.3. The van der Waals surface area contributed by atoms with E-state index in [4.69, 9.17) is 9.47 Å². The van der Waals surface area contributed by atoms with E-state index in [1.807, 2.05) is 13.8 Å². The maximum Gasteiger partial charge on any atom is 0.338 e. The molecule has 1 aliphatic heterocycles. The molecule has 1 aromatic heterocycles. The van der Waals surface area contributed by atoms with Gasteiger partial charge in [-0.15, -0.1) is 0 Å². The second kappa shape index (κ2) is 11.2. The molecular formula is C25H34N2O6S. The highest BCUT2D eigenvalue weighted by atomic mass is 32.2. The van der Waals surface area contributed by atoms with Gasteiger partial charge in [0.1, 0.15) is 10.6 Å². The molecule has 0 N–H and O–H groups in total. The molecule has 1 saturated heterocycles. The monoisotopic (exact) mass is 490 g/mol. The topological polar surface area (TPSA) is 94.9 Å². The Bertz CT molecular complexity index is 1140. The van der Waals surface area contributed by atoms with Crippen molar-refractivity contribution in [2.24, 2.45) is 0 Å². The number of carbonyl (C=O) groups excluding carboxylic acids is 2. The van der Waals surface area contributed by atoms with Gasteiger partial charge in [0.2, 0.25) is 15.8 Å². The van der Waals surface area contributed by atoms with Gasteiger partial charge in [-0.3, -0.25) is 4.79 Å². The first-order valence-corrected chi connectivity index (χ1v) is 13.2. The van der Waals surface area contributed by atoms with Crippen LogP contribution in [-0.4, -0.2) is 55.8 Å². The first-order chi connectivity index (χ1) is 16.2. The van der Waals surface area contributed by atoms with Crippen molar-refractivity contribution in [1.29, 1.82) is 0 Å². The smallest absolute Gasteiger partial charge is 0.338 e. The van der Waals surface area contributed by atoms with Crippen LogP contribution in [0.25, 0.3) is 0 Å². The molecule has 0 aliphatic carbocycles. The molecule has 0 atom stereocenters. The van der Waals surface area contributed by atoms with Gasteiger partial charge in [-0.2, -0.15) is 4.31 Å². The Kier molecular flexibility index (Phi) is 8.54. The van der Waals surface area contributed by atoms with E-state index in [1.165, 1.54) is 29.6 Å². The summed E-state index contributed by atoms with van der Waals surface area (Å²) in [6.07, 6.45) is 4.52. The van der Waals surface area contributed by atoms with E-state index in [0.717, 1.165) is 50.0 Å². The zero-order valence-corrected chi connectivity index (χ0v) is 21.2. The zero-order chi connectivity index (χ0) is 24.9. The Hall–Kier alpha value is -2.65. The largest absolute Gasteiger partial charge is 0.495 e. The van der Waals surface area contributed by atoms with Crippen molar-refractivity contribution in [2.75, 3.05) is 26.8 Å². The Morgan fingerprint density at radius 2 is 1.71 bits per heavy atom. The van der Waals surface area contributed by atoms with Gasteiger partial charge in [0.25, 0.3) is 0 Å². The fourth-order valence-corrected chi connectivity index (χ4v) is 6.07. The van der Waals surface area contributed by atoms with Crippen LogP contribution in [0.2, 0.25) is 0 Å². The number of sulfonamides is 1. The number of Topliss-reactive ketones (excluding diaryl/α,β-unsaturated/α-hetero) is 1. The van der Waals surface area contributed by atoms with E-state index < -0.39 is 22.6 Å². The molecule has 2 aromatic rings. The van der Waals surface area contributed by atoms with Gasteiger partial charge in [-0.25, -0.2) is 13.2 Å². The van der Waals surface area contributed by atoms with Crippen LogP contribution >= 0.6 is 0 Å². The maximum absolute atomic E-state index is 13.3. The summed E-state index contributed by atoms with van der Waals surface area (Å²) < 4.78 is 40.7. The summed E-state index contributed by atoms with van der Waals surface area (Å²) in [6, 6.07) is 5.97. The molecule has 2 heterocycles. The Morgan fingerprint density at radius 1 is 1.03 bits per heavy atom. The average molecular weight is 491 g/mol. The SMILES string of the molecule is CCCn1c(C)cc(C(=O)COC(=O)c2ccc(OC)c(S(=O)(=O)N3CCCCCC3)c2)c1C. The average Bonchev–Trinajstić information content (AvgIpc) is 3.01. The van der Waals surface area contributed by atoms with E-state index in [1.54, 1.807) is 6.07 Å². The number of ketones is 1. The second-order valence-corrected chi connectivity index (χ2v) is 10.5. The Balaban J connectivity index is 1.78. The standard InChI is InChI=1S/C25H34N2O6S/c1-5-12-27-18(2)15-21(19(27)3)22(28)17-33-25(29)20-10-11-23(32-4)24(16-20)34(30,31)26-13-8-6-7-9-14-26/h10-11,15-16H,5-9,12-14,17H2,1-4H3. The molecule has 9 heteroatoms. The van der Waals surface area contributed by atoms with Crippen LogP contribution in [0.3, 0.4) is 0 Å². The Morgan fingerprint density at radius 3 is 2.32 bits per heavy atom.